The van der Waals surface area contributed by atoms with Gasteiger partial charge in [-0.15, -0.1) is 11.3 Å². The van der Waals surface area contributed by atoms with Gasteiger partial charge in [0, 0.05) is 46.7 Å². The monoisotopic (exact) mass is 747 g/mol. The maximum atomic E-state index is 15.2. The minimum atomic E-state index is -4.77. The Morgan fingerprint density at radius 1 is 0.792 bits per heavy atom. The van der Waals surface area contributed by atoms with Crippen molar-refractivity contribution in [3.8, 4) is 11.1 Å². The molecule has 8 rings (SSSR count). The van der Waals surface area contributed by atoms with Crippen LogP contribution in [0.3, 0.4) is 0 Å². The Hall–Kier alpha value is -5.26. The smallest absolute Gasteiger partial charge is 0.363 e. The molecule has 11 heteroatoms. The number of thiophene rings is 1. The van der Waals surface area contributed by atoms with Gasteiger partial charge in [-0.3, -0.25) is 9.67 Å². The number of benzene rings is 4. The van der Waals surface area contributed by atoms with E-state index < -0.39 is 27.2 Å². The predicted octanol–water partition coefficient (Wildman–Crippen LogP) is 9.97. The maximum Gasteiger partial charge on any atom is 0.435 e. The fourth-order valence-electron chi connectivity index (χ4n) is 7.51. The summed E-state index contributed by atoms with van der Waals surface area (Å²) in [4.78, 5) is 7.70. The fourth-order valence-corrected chi connectivity index (χ4v) is 9.58. The fraction of sp³-hybridized carbons (Fsp3) is 0.167. The van der Waals surface area contributed by atoms with E-state index in [0.29, 0.717) is 33.6 Å². The summed E-state index contributed by atoms with van der Waals surface area (Å²) in [6.45, 7) is 0.652. The van der Waals surface area contributed by atoms with Gasteiger partial charge < -0.3 is 4.90 Å². The first kappa shape index (κ1) is 34.8. The van der Waals surface area contributed by atoms with E-state index in [2.05, 4.69) is 21.4 Å². The number of sulfone groups is 1. The molecule has 0 N–H and O–H groups in total. The minimum Gasteiger partial charge on any atom is -0.363 e. The number of rotatable bonds is 8. The first-order valence-electron chi connectivity index (χ1n) is 17.2. The van der Waals surface area contributed by atoms with Crippen LogP contribution in [0.1, 0.15) is 46.1 Å². The van der Waals surface area contributed by atoms with Crippen LogP contribution in [-0.2, 0) is 21.6 Å². The molecular weight excluding hydrogens is 714 g/mol. The van der Waals surface area contributed by atoms with E-state index in [1.807, 2.05) is 103 Å². The molecule has 0 saturated carbocycles. The molecule has 4 aromatic carbocycles. The van der Waals surface area contributed by atoms with Crippen LogP contribution in [0.25, 0.3) is 22.0 Å². The summed E-state index contributed by atoms with van der Waals surface area (Å²) >= 11 is 1.25. The molecule has 267 valence electrons. The van der Waals surface area contributed by atoms with E-state index >= 15 is 13.2 Å². The van der Waals surface area contributed by atoms with Crippen LogP contribution in [-0.4, -0.2) is 36.0 Å². The largest absolute Gasteiger partial charge is 0.435 e. The Morgan fingerprint density at radius 3 is 1.98 bits per heavy atom. The van der Waals surface area contributed by atoms with Gasteiger partial charge in [0.25, 0.3) is 0 Å². The Bertz CT molecular complexity index is 2400. The van der Waals surface area contributed by atoms with E-state index in [0.717, 1.165) is 33.7 Å². The number of fused-ring (bicyclic) bond motifs is 1. The Kier molecular flexibility index (Phi) is 8.94. The van der Waals surface area contributed by atoms with Gasteiger partial charge in [-0.2, -0.15) is 18.3 Å². The molecule has 0 aliphatic carbocycles. The average Bonchev–Trinajstić information content (AvgIpc) is 3.86. The second-order valence-electron chi connectivity index (χ2n) is 13.2. The molecule has 1 fully saturated rings. The van der Waals surface area contributed by atoms with Crippen molar-refractivity contribution in [3.63, 3.8) is 0 Å². The standard InChI is InChI=1S/C42H34F3N4O2S2/c1-53(50,51)39-23-22-38(52-39)37-19-11-12-26-48(37)36-24-25-46-35-21-20-29(27-33(35)36)34-28-49(47-40(34)42(43,44)45)41(30-13-5-2-6-14-30,31-15-7-3-8-16-31)32-17-9-4-10-18-32/h2-11,13-18,20-25,27-28,37H,12,19,26H2,1H3. The third-order valence-electron chi connectivity index (χ3n) is 9.88. The highest BCUT2D eigenvalue weighted by atomic mass is 32.2. The molecule has 1 aliphatic heterocycles. The quantitative estimate of drug-likeness (QED) is 0.145. The number of halogens is 3. The van der Waals surface area contributed by atoms with Crippen molar-refractivity contribution in [3.05, 3.63) is 173 Å². The molecule has 1 unspecified atom stereocenters. The summed E-state index contributed by atoms with van der Waals surface area (Å²) < 4.78 is 72.0. The summed E-state index contributed by atoms with van der Waals surface area (Å²) in [5, 5.41) is 5.13. The van der Waals surface area contributed by atoms with E-state index in [1.54, 1.807) is 30.5 Å². The average molecular weight is 748 g/mol. The highest BCUT2D eigenvalue weighted by molar-refractivity contribution is 7.92. The van der Waals surface area contributed by atoms with Crippen LogP contribution in [0.4, 0.5) is 18.9 Å². The van der Waals surface area contributed by atoms with Crippen molar-refractivity contribution in [2.24, 2.45) is 0 Å². The van der Waals surface area contributed by atoms with Crippen molar-refractivity contribution < 1.29 is 21.6 Å². The summed E-state index contributed by atoms with van der Waals surface area (Å²) in [6, 6.07) is 38.9. The molecule has 0 spiro atoms. The molecule has 1 aliphatic rings. The van der Waals surface area contributed by atoms with E-state index in [-0.39, 0.29) is 11.6 Å². The van der Waals surface area contributed by atoms with Crippen LogP contribution < -0.4 is 4.90 Å². The number of hydrogen-bond donors (Lipinski definition) is 0. The van der Waals surface area contributed by atoms with Crippen molar-refractivity contribution in [1.29, 1.82) is 0 Å². The van der Waals surface area contributed by atoms with Crippen molar-refractivity contribution >= 4 is 37.8 Å². The van der Waals surface area contributed by atoms with Gasteiger partial charge >= 0.3 is 6.18 Å². The molecule has 53 heavy (non-hydrogen) atoms. The molecule has 3 aromatic heterocycles. The van der Waals surface area contributed by atoms with E-state index in [9.17, 15) is 8.42 Å². The first-order valence-corrected chi connectivity index (χ1v) is 19.9. The zero-order valence-electron chi connectivity index (χ0n) is 28.6. The molecule has 0 amide bonds. The Labute approximate surface area is 310 Å². The van der Waals surface area contributed by atoms with Gasteiger partial charge in [-0.1, -0.05) is 97.1 Å². The number of alkyl halides is 3. The van der Waals surface area contributed by atoms with Gasteiger partial charge in [-0.05, 0) is 71.8 Å². The highest BCUT2D eigenvalue weighted by Gasteiger charge is 2.44. The second-order valence-corrected chi connectivity index (χ2v) is 16.5. The van der Waals surface area contributed by atoms with Gasteiger partial charge in [0.1, 0.15) is 9.75 Å². The minimum absolute atomic E-state index is 0.0547. The molecule has 7 aromatic rings. The zero-order chi connectivity index (χ0) is 36.8. The van der Waals surface area contributed by atoms with Crippen LogP contribution in [0, 0.1) is 6.42 Å². The van der Waals surface area contributed by atoms with E-state index in [4.69, 9.17) is 0 Å². The lowest BCUT2D eigenvalue weighted by molar-refractivity contribution is -0.141. The topological polar surface area (TPSA) is 68.1 Å². The first-order chi connectivity index (χ1) is 25.5. The Balaban J connectivity index is 1.33. The molecule has 1 radical (unpaired) electrons. The van der Waals surface area contributed by atoms with Crippen LogP contribution in [0.2, 0.25) is 0 Å². The summed E-state index contributed by atoms with van der Waals surface area (Å²) in [5.74, 6) is 0. The van der Waals surface area contributed by atoms with Crippen LogP contribution in [0.5, 0.6) is 0 Å². The second kappa shape index (κ2) is 13.6. The summed E-state index contributed by atoms with van der Waals surface area (Å²) in [5.41, 5.74) is 1.78. The van der Waals surface area contributed by atoms with E-state index in [1.165, 1.54) is 28.5 Å². The van der Waals surface area contributed by atoms with Gasteiger partial charge in [0.2, 0.25) is 0 Å². The number of anilines is 1. The molecule has 4 heterocycles. The number of piperidine rings is 1. The SMILES string of the molecule is CS(=O)(=O)c1ccc(C2C[CH]CCN2c2ccnc3ccc(-c4cn(C(c5ccccc5)(c5ccccc5)c5ccccc5)nc4C(F)(F)F)cc23)s1. The number of pyridine rings is 1. The van der Waals surface area contributed by atoms with Crippen molar-refractivity contribution in [2.75, 3.05) is 17.7 Å². The molecule has 1 atom stereocenters. The molecule has 6 nitrogen and oxygen atoms in total. The van der Waals surface area contributed by atoms with Crippen LogP contribution >= 0.6 is 11.3 Å². The lowest BCUT2D eigenvalue weighted by atomic mass is 9.77. The normalized spacial score (nSPS) is 15.5. The number of nitrogens with zero attached hydrogens (tertiary/aromatic N) is 4. The third kappa shape index (κ3) is 6.31. The maximum absolute atomic E-state index is 15.2. The summed E-state index contributed by atoms with van der Waals surface area (Å²) in [7, 11) is -3.37. The molecule has 0 bridgehead atoms. The van der Waals surface area contributed by atoms with Gasteiger partial charge in [-0.25, -0.2) is 8.42 Å². The molecular formula is C42H34F3N4O2S2. The predicted molar refractivity (Wildman–Crippen MR) is 204 cm³/mol. The lowest BCUT2D eigenvalue weighted by Gasteiger charge is -2.37. The molecule has 1 saturated heterocycles. The highest BCUT2D eigenvalue weighted by Crippen LogP contribution is 2.46. The number of hydrogen-bond acceptors (Lipinski definition) is 6. The van der Waals surface area contributed by atoms with Gasteiger partial charge in [0.15, 0.2) is 15.5 Å². The lowest BCUT2D eigenvalue weighted by Crippen LogP contribution is -2.38. The zero-order valence-corrected chi connectivity index (χ0v) is 30.2. The number of aromatic nitrogens is 3. The van der Waals surface area contributed by atoms with Crippen molar-refractivity contribution in [2.45, 2.75) is 34.8 Å². The Morgan fingerprint density at radius 2 is 1.42 bits per heavy atom. The van der Waals surface area contributed by atoms with Crippen molar-refractivity contribution in [1.82, 2.24) is 14.8 Å². The van der Waals surface area contributed by atoms with Gasteiger partial charge in [0.05, 0.1) is 11.6 Å². The van der Waals surface area contributed by atoms with Crippen LogP contribution in [0.15, 0.2) is 144 Å². The summed E-state index contributed by atoms with van der Waals surface area (Å²) in [6.07, 6.45) is 3.34. The third-order valence-corrected chi connectivity index (χ3v) is 12.9.